The number of rotatable bonds is 14. The average molecular weight is 1110 g/mol. The molecule has 7 rings (SSSR count). The van der Waals surface area contributed by atoms with Crippen molar-refractivity contribution in [3.8, 4) is 11.5 Å². The van der Waals surface area contributed by atoms with Crippen LogP contribution in [-0.4, -0.2) is 83.6 Å². The summed E-state index contributed by atoms with van der Waals surface area (Å²) in [5.41, 5.74) is 4.47. The number of amidine groups is 1. The van der Waals surface area contributed by atoms with Gasteiger partial charge in [-0.3, -0.25) is 27.8 Å². The lowest BCUT2D eigenvalue weighted by Gasteiger charge is -2.21. The molecule has 2 aromatic carbocycles. The number of carbonyl (C=O) groups excluding carboxylic acids is 1. The largest absolute Gasteiger partial charge is 0.507 e. The highest BCUT2D eigenvalue weighted by atomic mass is 32.2. The number of nitrogen functional groups attached to an aromatic ring is 1. The van der Waals surface area contributed by atoms with E-state index in [2.05, 4.69) is 19.2 Å². The van der Waals surface area contributed by atoms with Gasteiger partial charge in [0.15, 0.2) is 11.4 Å². The minimum absolute atomic E-state index is 0.00958. The third kappa shape index (κ3) is 14.1. The van der Waals surface area contributed by atoms with Crippen molar-refractivity contribution in [2.75, 3.05) is 39.6 Å². The Labute approximate surface area is 424 Å². The van der Waals surface area contributed by atoms with Crippen LogP contribution in [0.5, 0.6) is 11.5 Å². The lowest BCUT2D eigenvalue weighted by molar-refractivity contribution is 0.0520. The number of nitrogens with one attached hydrogen (secondary N) is 3. The van der Waals surface area contributed by atoms with E-state index in [0.29, 0.717) is 47.3 Å². The van der Waals surface area contributed by atoms with Crippen LogP contribution in [0.2, 0.25) is 0 Å². The number of halogens is 2. The van der Waals surface area contributed by atoms with Crippen LogP contribution in [0, 0.1) is 23.5 Å². The van der Waals surface area contributed by atoms with Crippen LogP contribution < -0.4 is 36.8 Å². The van der Waals surface area contributed by atoms with Gasteiger partial charge in [0.2, 0.25) is 30.1 Å². The Morgan fingerprint density at radius 3 is 1.74 bits per heavy atom. The number of hydrogen-bond acceptors (Lipinski definition) is 16. The van der Waals surface area contributed by atoms with E-state index >= 15 is 0 Å². The molecule has 0 saturated carbocycles. The number of carbonyl (C=O) groups is 1. The lowest BCUT2D eigenvalue weighted by atomic mass is 9.99. The summed E-state index contributed by atoms with van der Waals surface area (Å²) in [6.07, 6.45) is 6.06. The van der Waals surface area contributed by atoms with Gasteiger partial charge in [-0.1, -0.05) is 27.7 Å². The van der Waals surface area contributed by atoms with Crippen molar-refractivity contribution in [2.45, 2.75) is 70.1 Å². The van der Waals surface area contributed by atoms with Crippen molar-refractivity contribution in [3.05, 3.63) is 128 Å². The number of anilines is 4. The first kappa shape index (κ1) is 57.8. The molecule has 4 aromatic heterocycles. The number of esters is 1. The van der Waals surface area contributed by atoms with Gasteiger partial charge < -0.3 is 26.0 Å². The molecule has 6 aromatic rings. The molecule has 0 aliphatic carbocycles. The summed E-state index contributed by atoms with van der Waals surface area (Å²) in [7, 11) is -15.5. The third-order valence-corrected chi connectivity index (χ3v) is 14.2. The first-order chi connectivity index (χ1) is 34.2. The molecule has 0 amide bonds. The Kier molecular flexibility index (Phi) is 17.6. The zero-order valence-electron chi connectivity index (χ0n) is 40.8. The van der Waals surface area contributed by atoms with Gasteiger partial charge in [-0.05, 0) is 105 Å². The quantitative estimate of drug-likeness (QED) is 0.0565. The van der Waals surface area contributed by atoms with E-state index in [4.69, 9.17) is 15.6 Å². The van der Waals surface area contributed by atoms with Gasteiger partial charge >= 0.3 is 5.97 Å². The van der Waals surface area contributed by atoms with Gasteiger partial charge in [0.05, 0.1) is 41.5 Å². The van der Waals surface area contributed by atoms with Gasteiger partial charge in [0.1, 0.15) is 38.5 Å². The first-order valence-corrected chi connectivity index (χ1v) is 28.9. The van der Waals surface area contributed by atoms with E-state index in [0.717, 1.165) is 52.3 Å². The van der Waals surface area contributed by atoms with Gasteiger partial charge in [-0.25, -0.2) is 44.0 Å². The summed E-state index contributed by atoms with van der Waals surface area (Å²) in [6, 6.07) is 12.6. The number of primary sulfonamides is 1. The van der Waals surface area contributed by atoms with E-state index in [9.17, 15) is 67.0 Å². The van der Waals surface area contributed by atoms with E-state index in [1.807, 2.05) is 27.7 Å². The fourth-order valence-corrected chi connectivity index (χ4v) is 10.3. The number of aromatic hydroxyl groups is 2. The van der Waals surface area contributed by atoms with Gasteiger partial charge in [-0.2, -0.15) is 8.42 Å². The number of benzene rings is 2. The third-order valence-electron chi connectivity index (χ3n) is 10.7. The summed E-state index contributed by atoms with van der Waals surface area (Å²) in [4.78, 5) is 37.1. The minimum atomic E-state index is -4.39. The maximum atomic E-state index is 14.0. The standard InChI is InChI=1S/C22H23FN4O6S2.C17H20FNO4.C7H11N3O4S2/c1-12(2)4-7-15-17-9-5-13(23)11-27(17)22(29)19(20(15)28)21-24-16-8-6-14(25-34(3,30)31)10-18(16)35(32,33)26-21;1-4-23-17(22)14-15(20)12(7-5-10(2)3)13-8-6-11(18)9-19(13)16(14)21;1-15(11,12)10-5-2-3-6(8)7(4-5)16(9,13)14/h5-6,8-12,25,28H,4,7H2,1-3H3,(H,24,26);6,8-10,20H,4-5,7H2,1-3H3;2-4,10H,8H2,1H3,(H2,9,13,14). The zero-order valence-corrected chi connectivity index (χ0v) is 44.1. The fraction of sp³-hybridized carbons (Fsp3) is 0.304. The highest BCUT2D eigenvalue weighted by molar-refractivity contribution is 7.92. The van der Waals surface area contributed by atoms with Crippen LogP contribution >= 0.6 is 0 Å². The number of aromatic nitrogens is 2. The molecule has 5 heterocycles. The topological polar surface area (TPSA) is 347 Å². The average Bonchev–Trinajstić information content (AvgIpc) is 3.26. The number of nitrogens with zero attached hydrogens (tertiary/aromatic N) is 3. The van der Waals surface area contributed by atoms with Crippen LogP contribution in [0.1, 0.15) is 74.5 Å². The molecule has 9 N–H and O–H groups in total. The summed E-state index contributed by atoms with van der Waals surface area (Å²) in [6.45, 7) is 9.70. The normalized spacial score (nSPS) is 13.2. The van der Waals surface area contributed by atoms with Crippen molar-refractivity contribution in [1.29, 1.82) is 0 Å². The molecule has 0 unspecified atom stereocenters. The molecule has 0 fully saturated rings. The molecule has 22 nitrogen and oxygen atoms in total. The summed E-state index contributed by atoms with van der Waals surface area (Å²) < 4.78 is 135. The number of sulfonamides is 4. The van der Waals surface area contributed by atoms with E-state index < -0.39 is 91.5 Å². The minimum Gasteiger partial charge on any atom is -0.507 e. The molecule has 1 aliphatic heterocycles. The molecular weight excluding hydrogens is 1050 g/mol. The second-order valence-electron chi connectivity index (χ2n) is 17.6. The van der Waals surface area contributed by atoms with Crippen molar-refractivity contribution in [1.82, 2.24) is 8.80 Å². The van der Waals surface area contributed by atoms with Crippen LogP contribution in [0.15, 0.2) is 96.8 Å². The van der Waals surface area contributed by atoms with Gasteiger partial charge in [-0.15, -0.1) is 4.40 Å². The van der Waals surface area contributed by atoms with Gasteiger partial charge in [0, 0.05) is 34.9 Å². The van der Waals surface area contributed by atoms with Crippen molar-refractivity contribution >= 4 is 85.7 Å². The number of pyridine rings is 4. The SMILES string of the molecule is CC(C)CCc1c(O)c(C2=NS(=O)(=O)c3cc(NS(C)(=O)=O)ccc3N2)c(=O)n2cc(F)ccc12.CCOC(=O)c1c(O)c(CCC(C)C)c2ccc(F)cn2c1=O.CS(=O)(=O)Nc1ccc(N)c(S(N)(=O)=O)c1. The Hall–Kier alpha value is -7.14. The monoisotopic (exact) mass is 1110 g/mol. The number of hydrogen-bond donors (Lipinski definition) is 7. The molecular formula is C46H54F2N8O14S4. The first-order valence-electron chi connectivity index (χ1n) is 22.2. The van der Waals surface area contributed by atoms with Crippen LogP contribution in [-0.2, 0) is 57.7 Å². The maximum absolute atomic E-state index is 14.0. The number of fused-ring (bicyclic) bond motifs is 3. The summed E-state index contributed by atoms with van der Waals surface area (Å²) in [5.74, 6) is -2.80. The van der Waals surface area contributed by atoms with Gasteiger partial charge in [0.25, 0.3) is 21.1 Å². The maximum Gasteiger partial charge on any atom is 0.347 e. The van der Waals surface area contributed by atoms with E-state index in [1.165, 1.54) is 48.5 Å². The van der Waals surface area contributed by atoms with Crippen molar-refractivity contribution in [3.63, 3.8) is 0 Å². The molecule has 400 valence electrons. The molecule has 28 heteroatoms. The zero-order chi connectivity index (χ0) is 55.4. The fourth-order valence-electron chi connectivity index (χ4n) is 7.33. The van der Waals surface area contributed by atoms with Crippen molar-refractivity contribution in [2.24, 2.45) is 21.4 Å². The lowest BCUT2D eigenvalue weighted by Crippen LogP contribution is -2.31. The summed E-state index contributed by atoms with van der Waals surface area (Å²) >= 11 is 0. The van der Waals surface area contributed by atoms with E-state index in [1.54, 1.807) is 6.92 Å². The smallest absolute Gasteiger partial charge is 0.347 e. The number of nitrogens with two attached hydrogens (primary N) is 2. The number of aryl methyl sites for hydroxylation is 2. The molecule has 0 atom stereocenters. The van der Waals surface area contributed by atoms with Crippen LogP contribution in [0.25, 0.3) is 11.0 Å². The second-order valence-corrected chi connectivity index (χ2v) is 24.2. The highest BCUT2D eigenvalue weighted by Gasteiger charge is 2.31. The number of ether oxygens (including phenoxy) is 1. The predicted molar refractivity (Wildman–Crippen MR) is 276 cm³/mol. The predicted octanol–water partition coefficient (Wildman–Crippen LogP) is 4.86. The Balaban J connectivity index is 0.000000224. The molecule has 0 bridgehead atoms. The van der Waals surface area contributed by atoms with Crippen LogP contribution in [0.4, 0.5) is 31.5 Å². The van der Waals surface area contributed by atoms with E-state index in [-0.39, 0.29) is 50.8 Å². The molecule has 74 heavy (non-hydrogen) atoms. The Morgan fingerprint density at radius 2 is 1.26 bits per heavy atom. The van der Waals surface area contributed by atoms with Crippen molar-refractivity contribution < 1.29 is 62.2 Å². The molecule has 0 saturated heterocycles. The molecule has 0 spiro atoms. The van der Waals surface area contributed by atoms with Crippen LogP contribution in [0.3, 0.4) is 0 Å². The molecule has 0 radical (unpaired) electrons. The second kappa shape index (κ2) is 22.5. The Bertz CT molecular complexity index is 3810. The highest BCUT2D eigenvalue weighted by Crippen LogP contribution is 2.35. The molecule has 1 aliphatic rings. The summed E-state index contributed by atoms with van der Waals surface area (Å²) in [5, 5.41) is 29.2. The Morgan fingerprint density at radius 1 is 0.770 bits per heavy atom.